The summed E-state index contributed by atoms with van der Waals surface area (Å²) >= 11 is 0. The molecule has 0 aliphatic carbocycles. The molecule has 3 nitrogen and oxygen atoms in total. The number of rotatable bonds is 11. The van der Waals surface area contributed by atoms with Gasteiger partial charge in [0.15, 0.2) is 0 Å². The van der Waals surface area contributed by atoms with Gasteiger partial charge in [0.2, 0.25) is 0 Å². The lowest BCUT2D eigenvalue weighted by atomic mass is 10.2. The Balaban J connectivity index is 2.49. The molecular formula is C16H29NO2Si. The Morgan fingerprint density at radius 2 is 1.60 bits per heavy atom. The predicted molar refractivity (Wildman–Crippen MR) is 86.1 cm³/mol. The smallest absolute Gasteiger partial charge is 0.337 e. The van der Waals surface area contributed by atoms with E-state index in [0.717, 1.165) is 51.0 Å². The Hall–Kier alpha value is -0.713. The third kappa shape index (κ3) is 6.16. The van der Waals surface area contributed by atoms with Gasteiger partial charge in [0.1, 0.15) is 0 Å². The molecule has 1 aromatic heterocycles. The molecule has 0 fully saturated rings. The van der Waals surface area contributed by atoms with Gasteiger partial charge in [-0.2, -0.15) is 0 Å². The van der Waals surface area contributed by atoms with Crippen LogP contribution in [0.2, 0.25) is 12.1 Å². The lowest BCUT2D eigenvalue weighted by molar-refractivity contribution is 0.167. The zero-order chi connectivity index (χ0) is 14.7. The van der Waals surface area contributed by atoms with E-state index in [4.69, 9.17) is 8.85 Å². The summed E-state index contributed by atoms with van der Waals surface area (Å²) in [6.07, 6.45) is 8.07. The Labute approximate surface area is 125 Å². The molecule has 0 spiro atoms. The molecule has 0 saturated carbocycles. The molecular weight excluding hydrogens is 266 g/mol. The average Bonchev–Trinajstić information content (AvgIpc) is 2.51. The summed E-state index contributed by atoms with van der Waals surface area (Å²) in [5, 5.41) is 0. The van der Waals surface area contributed by atoms with Crippen LogP contribution in [-0.4, -0.2) is 26.8 Å². The van der Waals surface area contributed by atoms with Crippen molar-refractivity contribution in [2.75, 3.05) is 13.2 Å². The van der Waals surface area contributed by atoms with Crippen molar-refractivity contribution in [2.24, 2.45) is 0 Å². The van der Waals surface area contributed by atoms with Crippen LogP contribution < -0.4 is 0 Å². The summed E-state index contributed by atoms with van der Waals surface area (Å²) < 4.78 is 12.3. The number of aryl methyl sites for hydroxylation is 1. The monoisotopic (exact) mass is 295 g/mol. The molecule has 0 aliphatic heterocycles. The second-order valence-corrected chi connectivity index (χ2v) is 8.78. The maximum absolute atomic E-state index is 6.17. The van der Waals surface area contributed by atoms with Crippen LogP contribution in [0.15, 0.2) is 24.5 Å². The fourth-order valence-electron chi connectivity index (χ4n) is 2.25. The average molecular weight is 295 g/mol. The molecule has 0 bridgehead atoms. The highest BCUT2D eigenvalue weighted by Crippen LogP contribution is 2.23. The molecule has 20 heavy (non-hydrogen) atoms. The van der Waals surface area contributed by atoms with Crippen molar-refractivity contribution < 1.29 is 8.85 Å². The van der Waals surface area contributed by atoms with E-state index in [1.54, 1.807) is 0 Å². The van der Waals surface area contributed by atoms with Crippen LogP contribution in [0.1, 0.15) is 45.6 Å². The number of nitrogens with zero attached hydrogens (tertiary/aromatic N) is 1. The minimum Gasteiger partial charge on any atom is -0.394 e. The van der Waals surface area contributed by atoms with E-state index in [0.29, 0.717) is 0 Å². The second-order valence-electron chi connectivity index (χ2n) is 5.17. The van der Waals surface area contributed by atoms with Gasteiger partial charge in [-0.15, -0.1) is 0 Å². The van der Waals surface area contributed by atoms with E-state index >= 15 is 0 Å². The van der Waals surface area contributed by atoms with E-state index in [-0.39, 0.29) is 0 Å². The minimum atomic E-state index is -1.98. The highest BCUT2D eigenvalue weighted by atomic mass is 28.4. The maximum Gasteiger partial charge on any atom is 0.337 e. The van der Waals surface area contributed by atoms with Gasteiger partial charge in [-0.3, -0.25) is 4.98 Å². The first-order chi connectivity index (χ1) is 9.76. The highest BCUT2D eigenvalue weighted by molar-refractivity contribution is 6.67. The molecule has 1 rings (SSSR count). The Morgan fingerprint density at radius 3 is 2.10 bits per heavy atom. The summed E-state index contributed by atoms with van der Waals surface area (Å²) in [5.74, 6) is 0. The van der Waals surface area contributed by atoms with Crippen LogP contribution in [0.3, 0.4) is 0 Å². The lowest BCUT2D eigenvalue weighted by Gasteiger charge is -2.29. The number of pyridine rings is 1. The van der Waals surface area contributed by atoms with Crippen LogP contribution in [0.25, 0.3) is 0 Å². The van der Waals surface area contributed by atoms with Crippen LogP contribution in [-0.2, 0) is 15.3 Å². The number of hydrogen-bond acceptors (Lipinski definition) is 3. The van der Waals surface area contributed by atoms with Crippen LogP contribution >= 0.6 is 0 Å². The van der Waals surface area contributed by atoms with Crippen molar-refractivity contribution >= 4 is 8.56 Å². The van der Waals surface area contributed by atoms with Gasteiger partial charge in [-0.1, -0.05) is 20.8 Å². The molecule has 0 amide bonds. The van der Waals surface area contributed by atoms with Crippen molar-refractivity contribution in [1.29, 1.82) is 0 Å². The van der Waals surface area contributed by atoms with Crippen molar-refractivity contribution in [3.63, 3.8) is 0 Å². The second kappa shape index (κ2) is 10.1. The zero-order valence-electron chi connectivity index (χ0n) is 13.2. The van der Waals surface area contributed by atoms with E-state index < -0.39 is 8.56 Å². The van der Waals surface area contributed by atoms with E-state index in [9.17, 15) is 0 Å². The van der Waals surface area contributed by atoms with Crippen molar-refractivity contribution in [1.82, 2.24) is 4.98 Å². The fraction of sp³-hybridized carbons (Fsp3) is 0.688. The van der Waals surface area contributed by atoms with Crippen molar-refractivity contribution in [3.8, 4) is 0 Å². The predicted octanol–water partition coefficient (Wildman–Crippen LogP) is 4.33. The van der Waals surface area contributed by atoms with Gasteiger partial charge in [-0.05, 0) is 55.5 Å². The van der Waals surface area contributed by atoms with Crippen LogP contribution in [0.5, 0.6) is 0 Å². The molecule has 0 unspecified atom stereocenters. The summed E-state index contributed by atoms with van der Waals surface area (Å²) in [7, 11) is -1.98. The van der Waals surface area contributed by atoms with Gasteiger partial charge in [0.25, 0.3) is 0 Å². The Bertz CT molecular complexity index is 338. The third-order valence-corrected chi connectivity index (χ3v) is 7.10. The summed E-state index contributed by atoms with van der Waals surface area (Å²) in [5.41, 5.74) is 1.35. The number of aromatic nitrogens is 1. The van der Waals surface area contributed by atoms with Gasteiger partial charge in [-0.25, -0.2) is 0 Å². The molecule has 4 heteroatoms. The third-order valence-electron chi connectivity index (χ3n) is 3.45. The molecule has 1 aromatic rings. The Kier molecular flexibility index (Phi) is 8.74. The summed E-state index contributed by atoms with van der Waals surface area (Å²) in [6.45, 7) is 8.19. The van der Waals surface area contributed by atoms with Gasteiger partial charge in [0.05, 0.1) is 0 Å². The first kappa shape index (κ1) is 17.3. The molecule has 0 aromatic carbocycles. The van der Waals surface area contributed by atoms with E-state index in [1.165, 1.54) is 5.56 Å². The minimum absolute atomic E-state index is 0.832. The molecule has 0 aliphatic rings. The molecule has 0 N–H and O–H groups in total. The first-order valence-corrected chi connectivity index (χ1v) is 10.2. The lowest BCUT2D eigenvalue weighted by Crippen LogP contribution is -2.42. The van der Waals surface area contributed by atoms with Crippen molar-refractivity contribution in [3.05, 3.63) is 30.1 Å². The standard InChI is InChI=1S/C16H29NO2Si/c1-4-13-18-20(6-3,19-14-5-2)15-7-8-16-9-11-17-12-10-16/h9-12H,4-8,13-15H2,1-3H3. The topological polar surface area (TPSA) is 31.4 Å². The fourth-order valence-corrected chi connectivity index (χ4v) is 5.26. The van der Waals surface area contributed by atoms with Gasteiger partial charge >= 0.3 is 8.56 Å². The normalized spacial score (nSPS) is 11.8. The van der Waals surface area contributed by atoms with E-state index in [1.807, 2.05) is 12.4 Å². The van der Waals surface area contributed by atoms with Crippen molar-refractivity contribution in [2.45, 2.75) is 58.5 Å². The zero-order valence-corrected chi connectivity index (χ0v) is 14.2. The van der Waals surface area contributed by atoms with Gasteiger partial charge < -0.3 is 8.85 Å². The molecule has 0 radical (unpaired) electrons. The molecule has 0 atom stereocenters. The highest BCUT2D eigenvalue weighted by Gasteiger charge is 2.34. The largest absolute Gasteiger partial charge is 0.394 e. The number of hydrogen-bond donors (Lipinski definition) is 0. The molecule has 0 saturated heterocycles. The van der Waals surface area contributed by atoms with Crippen LogP contribution in [0, 0.1) is 0 Å². The van der Waals surface area contributed by atoms with Gasteiger partial charge in [0, 0.05) is 25.6 Å². The molecule has 1 heterocycles. The maximum atomic E-state index is 6.17. The van der Waals surface area contributed by atoms with Crippen LogP contribution in [0.4, 0.5) is 0 Å². The quantitative estimate of drug-likeness (QED) is 0.569. The summed E-state index contributed by atoms with van der Waals surface area (Å²) in [6, 6.07) is 6.32. The first-order valence-electron chi connectivity index (χ1n) is 7.93. The summed E-state index contributed by atoms with van der Waals surface area (Å²) in [4.78, 5) is 4.06. The van der Waals surface area contributed by atoms with E-state index in [2.05, 4.69) is 37.9 Å². The molecule has 114 valence electrons. The SMILES string of the molecule is CCCO[Si](CC)(CCCc1ccncc1)OCCC. The Morgan fingerprint density at radius 1 is 1.00 bits per heavy atom.